The maximum absolute atomic E-state index is 9.35. The molecule has 31 heavy (non-hydrogen) atoms. The number of nitrogens with zero attached hydrogens (tertiary/aromatic N) is 6. The Morgan fingerprint density at radius 3 is 2.77 bits per heavy atom. The molecular formula is C20H31ClN8O2. The number of aliphatic hydroxyl groups excluding tert-OH is 1. The molecule has 0 fully saturated rings. The molecule has 0 saturated heterocycles. The Morgan fingerprint density at radius 2 is 2.10 bits per heavy atom. The average Bonchev–Trinajstić information content (AvgIpc) is 3.06. The van der Waals surface area contributed by atoms with Crippen molar-refractivity contribution in [2.45, 2.75) is 26.9 Å². The van der Waals surface area contributed by atoms with Crippen LogP contribution in [0.1, 0.15) is 18.2 Å². The molecule has 11 heteroatoms. The van der Waals surface area contributed by atoms with E-state index >= 15 is 0 Å². The minimum Gasteiger partial charge on any atom is -0.395 e. The van der Waals surface area contributed by atoms with Gasteiger partial charge in [-0.2, -0.15) is 10.1 Å². The van der Waals surface area contributed by atoms with Crippen LogP contribution in [0.15, 0.2) is 18.3 Å². The van der Waals surface area contributed by atoms with E-state index in [0.29, 0.717) is 50.4 Å². The predicted molar refractivity (Wildman–Crippen MR) is 124 cm³/mol. The van der Waals surface area contributed by atoms with E-state index in [1.165, 1.54) is 0 Å². The second-order valence-corrected chi connectivity index (χ2v) is 6.96. The zero-order valence-corrected chi connectivity index (χ0v) is 19.2. The smallest absolute Gasteiger partial charge is 0.227 e. The van der Waals surface area contributed by atoms with E-state index in [9.17, 15) is 5.11 Å². The normalized spacial score (nSPS) is 10.9. The van der Waals surface area contributed by atoms with Crippen molar-refractivity contribution in [3.63, 3.8) is 0 Å². The molecule has 3 heterocycles. The number of aromatic nitrogens is 5. The van der Waals surface area contributed by atoms with Crippen LogP contribution in [0.2, 0.25) is 0 Å². The molecule has 0 aliphatic rings. The van der Waals surface area contributed by atoms with Gasteiger partial charge in [0.25, 0.3) is 0 Å². The molecule has 170 valence electrons. The second-order valence-electron chi connectivity index (χ2n) is 6.96. The molecule has 0 amide bonds. The first-order valence-corrected chi connectivity index (χ1v) is 10.1. The Bertz CT molecular complexity index is 981. The summed E-state index contributed by atoms with van der Waals surface area (Å²) >= 11 is 0. The van der Waals surface area contributed by atoms with Crippen molar-refractivity contribution >= 4 is 41.0 Å². The predicted octanol–water partition coefficient (Wildman–Crippen LogP) is 1.88. The lowest BCUT2D eigenvalue weighted by atomic mass is 10.3. The van der Waals surface area contributed by atoms with E-state index in [0.717, 1.165) is 22.3 Å². The highest BCUT2D eigenvalue weighted by atomic mass is 35.5. The Labute approximate surface area is 188 Å². The van der Waals surface area contributed by atoms with Crippen molar-refractivity contribution in [3.8, 4) is 0 Å². The van der Waals surface area contributed by atoms with Crippen molar-refractivity contribution in [2.75, 3.05) is 50.7 Å². The molecule has 0 saturated carbocycles. The van der Waals surface area contributed by atoms with Gasteiger partial charge < -0.3 is 25.4 Å². The van der Waals surface area contributed by atoms with Crippen LogP contribution in [-0.4, -0.2) is 70.3 Å². The van der Waals surface area contributed by atoms with Gasteiger partial charge >= 0.3 is 0 Å². The van der Waals surface area contributed by atoms with Crippen LogP contribution in [0, 0.1) is 6.92 Å². The average molecular weight is 451 g/mol. The summed E-state index contributed by atoms with van der Waals surface area (Å²) in [6.45, 7) is 6.76. The molecule has 0 bridgehead atoms. The highest BCUT2D eigenvalue weighted by Crippen LogP contribution is 2.28. The molecule has 10 nitrogen and oxygen atoms in total. The molecule has 0 radical (unpaired) electrons. The van der Waals surface area contributed by atoms with E-state index in [-0.39, 0.29) is 19.0 Å². The van der Waals surface area contributed by atoms with Crippen LogP contribution in [0.5, 0.6) is 0 Å². The quantitative estimate of drug-likeness (QED) is 0.377. The summed E-state index contributed by atoms with van der Waals surface area (Å²) in [5, 5.41) is 20.6. The van der Waals surface area contributed by atoms with Gasteiger partial charge in [0.15, 0.2) is 5.82 Å². The van der Waals surface area contributed by atoms with Crippen LogP contribution in [0.4, 0.5) is 17.6 Å². The van der Waals surface area contributed by atoms with Crippen LogP contribution < -0.4 is 15.5 Å². The maximum Gasteiger partial charge on any atom is 0.227 e. The van der Waals surface area contributed by atoms with Crippen LogP contribution in [0.25, 0.3) is 11.0 Å². The van der Waals surface area contributed by atoms with Gasteiger partial charge in [-0.25, -0.2) is 9.97 Å². The fraction of sp³-hybridized carbons (Fsp3) is 0.500. The summed E-state index contributed by atoms with van der Waals surface area (Å²) in [4.78, 5) is 15.7. The Hall–Kier alpha value is -2.53. The first kappa shape index (κ1) is 24.7. The number of anilines is 3. The second kappa shape index (κ2) is 11.8. The van der Waals surface area contributed by atoms with E-state index < -0.39 is 0 Å². The molecule has 3 aromatic rings. The summed E-state index contributed by atoms with van der Waals surface area (Å²) in [5.41, 5.74) is 3.47. The molecule has 0 aliphatic carbocycles. The largest absolute Gasteiger partial charge is 0.395 e. The van der Waals surface area contributed by atoms with Gasteiger partial charge in [-0.3, -0.25) is 4.68 Å². The Morgan fingerprint density at radius 1 is 1.29 bits per heavy atom. The van der Waals surface area contributed by atoms with Crippen molar-refractivity contribution in [1.82, 2.24) is 30.0 Å². The van der Waals surface area contributed by atoms with Crippen molar-refractivity contribution in [2.24, 2.45) is 0 Å². The first-order valence-electron chi connectivity index (χ1n) is 10.1. The third-order valence-corrected chi connectivity index (χ3v) is 4.58. The standard InChI is InChI=1S/C20H30N8O2.ClH/c1-5-30-11-9-28-18-17(15(26-28)13-21-3)24-20(27(4)8-10-29)25-19(18)23-16-12-14(2)6-7-22-16;/h6-7,12,21,29H,5,8-11,13H2,1-4H3,(H,22,23,24,25);1H. The third kappa shape index (κ3) is 6.01. The lowest BCUT2D eigenvalue weighted by Gasteiger charge is -2.17. The van der Waals surface area contributed by atoms with E-state index in [1.54, 1.807) is 6.20 Å². The van der Waals surface area contributed by atoms with Gasteiger partial charge in [-0.1, -0.05) is 0 Å². The number of hydrogen-bond acceptors (Lipinski definition) is 9. The number of pyridine rings is 1. The van der Waals surface area contributed by atoms with Crippen molar-refractivity contribution < 1.29 is 9.84 Å². The monoisotopic (exact) mass is 450 g/mol. The Kier molecular flexibility index (Phi) is 9.38. The minimum atomic E-state index is 0. The molecule has 3 rings (SSSR count). The number of aliphatic hydroxyl groups is 1. The van der Waals surface area contributed by atoms with Gasteiger partial charge in [-0.15, -0.1) is 12.4 Å². The molecule has 0 spiro atoms. The molecule has 0 aromatic carbocycles. The number of aryl methyl sites for hydroxylation is 1. The van der Waals surface area contributed by atoms with E-state index in [4.69, 9.17) is 19.8 Å². The number of nitrogens with one attached hydrogen (secondary N) is 2. The van der Waals surface area contributed by atoms with Gasteiger partial charge in [-0.05, 0) is 38.6 Å². The van der Waals surface area contributed by atoms with E-state index in [1.807, 2.05) is 49.7 Å². The molecule has 0 atom stereocenters. The SMILES string of the molecule is CCOCCn1nc(CNC)c2nc(N(C)CCO)nc(Nc3cc(C)ccn3)c21.Cl. The first-order chi connectivity index (χ1) is 14.6. The topological polar surface area (TPSA) is 113 Å². The van der Waals surface area contributed by atoms with Crippen LogP contribution in [0.3, 0.4) is 0 Å². The summed E-state index contributed by atoms with van der Waals surface area (Å²) in [6.07, 6.45) is 1.76. The zero-order valence-electron chi connectivity index (χ0n) is 18.4. The van der Waals surface area contributed by atoms with Crippen LogP contribution >= 0.6 is 12.4 Å². The summed E-state index contributed by atoms with van der Waals surface area (Å²) in [6, 6.07) is 3.90. The van der Waals surface area contributed by atoms with Gasteiger partial charge in [0.2, 0.25) is 5.95 Å². The number of ether oxygens (including phenoxy) is 1. The molecule has 3 aromatic heterocycles. The van der Waals surface area contributed by atoms with Crippen molar-refractivity contribution in [1.29, 1.82) is 0 Å². The molecule has 3 N–H and O–H groups in total. The number of rotatable bonds is 11. The van der Waals surface area contributed by atoms with Gasteiger partial charge in [0.05, 0.1) is 19.8 Å². The maximum atomic E-state index is 9.35. The molecule has 0 aliphatic heterocycles. The minimum absolute atomic E-state index is 0. The number of hydrogen-bond donors (Lipinski definition) is 3. The third-order valence-electron chi connectivity index (χ3n) is 4.58. The highest BCUT2D eigenvalue weighted by Gasteiger charge is 2.20. The number of likely N-dealkylation sites (N-methyl/N-ethyl adjacent to an activating group) is 1. The molecular weight excluding hydrogens is 420 g/mol. The van der Waals surface area contributed by atoms with Crippen LogP contribution in [-0.2, 0) is 17.8 Å². The lowest BCUT2D eigenvalue weighted by molar-refractivity contribution is 0.137. The van der Waals surface area contributed by atoms with E-state index in [2.05, 4.69) is 15.6 Å². The Balaban J connectivity index is 0.00000341. The summed E-state index contributed by atoms with van der Waals surface area (Å²) in [5.74, 6) is 1.82. The summed E-state index contributed by atoms with van der Waals surface area (Å²) in [7, 11) is 3.73. The van der Waals surface area contributed by atoms with Gasteiger partial charge in [0.1, 0.15) is 22.5 Å². The number of halogens is 1. The fourth-order valence-electron chi connectivity index (χ4n) is 3.11. The van der Waals surface area contributed by atoms with Crippen molar-refractivity contribution in [3.05, 3.63) is 29.6 Å². The lowest BCUT2D eigenvalue weighted by Crippen LogP contribution is -2.24. The fourth-order valence-corrected chi connectivity index (χ4v) is 3.11. The number of fused-ring (bicyclic) bond motifs is 1. The van der Waals surface area contributed by atoms with Gasteiger partial charge in [0, 0.05) is 32.9 Å². The molecule has 0 unspecified atom stereocenters. The summed E-state index contributed by atoms with van der Waals surface area (Å²) < 4.78 is 7.42. The highest BCUT2D eigenvalue weighted by molar-refractivity contribution is 5.90. The zero-order chi connectivity index (χ0) is 21.5.